The van der Waals surface area contributed by atoms with Crippen LogP contribution in [0.3, 0.4) is 0 Å². The fraction of sp³-hybridized carbons (Fsp3) is 0. The Morgan fingerprint density at radius 2 is 0.425 bits per heavy atom. The van der Waals surface area contributed by atoms with Crippen LogP contribution in [-0.4, -0.2) is 0 Å². The first kappa shape index (κ1) is 44.2. The maximum Gasteiger partial charge on any atom is 0.183 e. The first-order valence-corrected chi connectivity index (χ1v) is 30.5. The molecule has 6 aliphatic heterocycles. The summed E-state index contributed by atoms with van der Waals surface area (Å²) in [5.41, 5.74) is 15.9. The van der Waals surface area contributed by atoms with Crippen LogP contribution in [0.2, 0.25) is 0 Å². The molecule has 0 aliphatic carbocycles. The van der Waals surface area contributed by atoms with Gasteiger partial charge in [0.15, 0.2) is 14.3 Å². The van der Waals surface area contributed by atoms with E-state index in [1.54, 1.807) is 0 Å². The highest BCUT2D eigenvalue weighted by atomic mass is 31.2. The van der Waals surface area contributed by atoms with E-state index >= 15 is 9.13 Å². The van der Waals surface area contributed by atoms with Gasteiger partial charge in [-0.2, -0.15) is 0 Å². The van der Waals surface area contributed by atoms with Crippen molar-refractivity contribution in [3.05, 3.63) is 267 Å². The average Bonchev–Trinajstić information content (AvgIpc) is 2.92. The lowest BCUT2D eigenvalue weighted by Crippen LogP contribution is -2.49. The van der Waals surface area contributed by atoms with Gasteiger partial charge in [0, 0.05) is 39.5 Å². The lowest BCUT2D eigenvalue weighted by atomic mass is 9.97. The van der Waals surface area contributed by atoms with Gasteiger partial charge in [0.2, 0.25) is 0 Å². The minimum absolute atomic E-state index is 0.753. The Morgan fingerprint density at radius 3 is 0.675 bits per heavy atom. The first-order valence-electron chi connectivity index (χ1n) is 27.1. The summed E-state index contributed by atoms with van der Waals surface area (Å²) >= 11 is 0. The molecule has 12 aromatic rings. The van der Waals surface area contributed by atoms with E-state index in [2.05, 4.69) is 284 Å². The Morgan fingerprint density at radius 1 is 0.212 bits per heavy atom. The van der Waals surface area contributed by atoms with Crippen LogP contribution in [0.25, 0.3) is 10.8 Å². The number of rotatable bonds is 6. The van der Waals surface area contributed by atoms with E-state index in [9.17, 15) is 0 Å². The Balaban J connectivity index is 1.08. The minimum Gasteiger partial charge on any atom is -0.309 e. The maximum atomic E-state index is 18.4. The van der Waals surface area contributed by atoms with Crippen molar-refractivity contribution in [3.8, 4) is 0 Å². The molecule has 0 N–H and O–H groups in total. The highest BCUT2D eigenvalue weighted by Gasteiger charge is 2.59. The van der Waals surface area contributed by atoms with Gasteiger partial charge in [-0.3, -0.25) is 0 Å². The standard InChI is InChI=1S/C70H44N6O2P2/c77-79-65-52-35-19-39-56(65)73(48-27-11-3-12-28-48)60-43-45-44-61-70-64(62(45)63(69(60)79)75(50-31-15-5-16-32-50)58-41-21-37-54(67(58)79)71(52)46-23-7-1-8-24-46)76(51-33-17-6-18-34-51)59-42-22-38-55-68(59)80(70,78)66-53(72(55)47-25-9-2-10-26-47)36-20-40-57(66)74(61)49-29-13-4-14-30-49/h1-44H. The number of fused-ring (bicyclic) bond motifs is 3. The Bertz CT molecular complexity index is 4410. The molecule has 6 heterocycles. The van der Waals surface area contributed by atoms with Crippen molar-refractivity contribution in [1.29, 1.82) is 0 Å². The van der Waals surface area contributed by atoms with Gasteiger partial charge in [0.25, 0.3) is 0 Å². The Hall–Kier alpha value is -9.84. The molecular weight excluding hydrogens is 1020 g/mol. The second-order valence-corrected chi connectivity index (χ2v) is 26.2. The van der Waals surface area contributed by atoms with E-state index in [0.717, 1.165) is 145 Å². The van der Waals surface area contributed by atoms with Crippen molar-refractivity contribution < 1.29 is 9.13 Å². The molecule has 0 bridgehead atoms. The molecule has 0 fully saturated rings. The third kappa shape index (κ3) is 5.42. The largest absolute Gasteiger partial charge is 0.309 e. The summed E-state index contributed by atoms with van der Waals surface area (Å²) in [5.74, 6) is 0. The van der Waals surface area contributed by atoms with E-state index in [4.69, 9.17) is 0 Å². The van der Waals surface area contributed by atoms with Crippen molar-refractivity contribution >= 4 is 159 Å². The second-order valence-electron chi connectivity index (χ2n) is 21.1. The van der Waals surface area contributed by atoms with Gasteiger partial charge in [0.05, 0.1) is 100 Å². The van der Waals surface area contributed by atoms with Crippen molar-refractivity contribution in [3.63, 3.8) is 0 Å². The normalized spacial score (nSPS) is 17.8. The van der Waals surface area contributed by atoms with E-state index < -0.39 is 14.3 Å². The SMILES string of the molecule is O=P12c3c4cccc3N(c3ccccc3)c3cc5cc6c7c(c5c(c31)N(c1ccccc1)c1cccc(c12)N4c1ccccc1)N(c1ccccc1)c1cccc2c1P7(=O)c1c(cccc1N6c1ccccc1)N2c1ccccc1. The molecule has 0 spiro atoms. The molecule has 10 heteroatoms. The fourth-order valence-electron chi connectivity index (χ4n) is 14.2. The predicted molar refractivity (Wildman–Crippen MR) is 332 cm³/mol. The van der Waals surface area contributed by atoms with Crippen LogP contribution in [0, 0.1) is 0 Å². The quantitative estimate of drug-likeness (QED) is 0.153. The molecule has 18 rings (SSSR count). The summed E-state index contributed by atoms with van der Waals surface area (Å²) in [7, 11) is -7.75. The van der Waals surface area contributed by atoms with E-state index in [1.807, 2.05) is 12.1 Å². The van der Waals surface area contributed by atoms with Crippen molar-refractivity contribution in [2.75, 3.05) is 29.4 Å². The van der Waals surface area contributed by atoms with Gasteiger partial charge in [-0.1, -0.05) is 133 Å². The molecule has 0 saturated heterocycles. The third-order valence-electron chi connectivity index (χ3n) is 17.1. The number of hydrogen-bond acceptors (Lipinski definition) is 8. The predicted octanol–water partition coefficient (Wildman–Crippen LogP) is 16.8. The topological polar surface area (TPSA) is 53.6 Å². The summed E-state index contributed by atoms with van der Waals surface area (Å²) < 4.78 is 36.8. The van der Waals surface area contributed by atoms with Crippen LogP contribution in [0.5, 0.6) is 0 Å². The molecule has 2 unspecified atom stereocenters. The van der Waals surface area contributed by atoms with Crippen LogP contribution >= 0.6 is 14.3 Å². The van der Waals surface area contributed by atoms with Crippen molar-refractivity contribution in [2.24, 2.45) is 0 Å². The van der Waals surface area contributed by atoms with Gasteiger partial charge in [-0.25, -0.2) is 0 Å². The van der Waals surface area contributed by atoms with Gasteiger partial charge < -0.3 is 38.5 Å². The number of nitrogens with zero attached hydrogens (tertiary/aromatic N) is 6. The number of anilines is 18. The summed E-state index contributed by atoms with van der Waals surface area (Å²) in [6.45, 7) is 0. The molecule has 0 aromatic heterocycles. The Kier molecular flexibility index (Phi) is 8.78. The molecule has 80 heavy (non-hydrogen) atoms. The summed E-state index contributed by atoms with van der Waals surface area (Å²) in [6.07, 6.45) is 0. The van der Waals surface area contributed by atoms with Gasteiger partial charge >= 0.3 is 0 Å². The summed E-state index contributed by atoms with van der Waals surface area (Å²) in [4.78, 5) is 14.1. The van der Waals surface area contributed by atoms with Gasteiger partial charge in [0.1, 0.15) is 0 Å². The highest BCUT2D eigenvalue weighted by molar-refractivity contribution is 7.88. The number of benzene rings is 12. The Labute approximate surface area is 462 Å². The van der Waals surface area contributed by atoms with E-state index in [0.29, 0.717) is 0 Å². The van der Waals surface area contributed by atoms with E-state index in [-0.39, 0.29) is 0 Å². The molecule has 2 atom stereocenters. The summed E-state index contributed by atoms with van der Waals surface area (Å²) in [6, 6.07) is 93.4. The zero-order chi connectivity index (χ0) is 52.6. The molecular formula is C70H44N6O2P2. The molecule has 8 nitrogen and oxygen atoms in total. The fourth-order valence-corrected chi connectivity index (χ4v) is 21.5. The lowest BCUT2D eigenvalue weighted by Gasteiger charge is -2.52. The molecule has 0 amide bonds. The smallest absolute Gasteiger partial charge is 0.183 e. The first-order chi connectivity index (χ1) is 39.5. The second kappa shape index (κ2) is 15.9. The van der Waals surface area contributed by atoms with Crippen LogP contribution in [0.1, 0.15) is 0 Å². The molecule has 0 radical (unpaired) electrons. The van der Waals surface area contributed by atoms with Crippen LogP contribution in [0.15, 0.2) is 267 Å². The van der Waals surface area contributed by atoms with E-state index in [1.165, 1.54) is 0 Å². The zero-order valence-electron chi connectivity index (χ0n) is 42.8. The molecule has 12 aromatic carbocycles. The zero-order valence-corrected chi connectivity index (χ0v) is 44.6. The van der Waals surface area contributed by atoms with Gasteiger partial charge in [-0.15, -0.1) is 0 Å². The molecule has 6 aliphatic rings. The van der Waals surface area contributed by atoms with Crippen LogP contribution < -0.4 is 61.2 Å². The van der Waals surface area contributed by atoms with Crippen molar-refractivity contribution in [2.45, 2.75) is 0 Å². The molecule has 376 valence electrons. The highest BCUT2D eigenvalue weighted by Crippen LogP contribution is 2.72. The minimum atomic E-state index is -3.88. The van der Waals surface area contributed by atoms with Crippen molar-refractivity contribution in [1.82, 2.24) is 0 Å². The van der Waals surface area contributed by atoms with Crippen LogP contribution in [0.4, 0.5) is 102 Å². The average molecular weight is 1060 g/mol. The number of para-hydroxylation sites is 6. The summed E-state index contributed by atoms with van der Waals surface area (Å²) in [5, 5.41) is 6.47. The lowest BCUT2D eigenvalue weighted by molar-refractivity contribution is 0.591. The number of hydrogen-bond donors (Lipinski definition) is 0. The van der Waals surface area contributed by atoms with Gasteiger partial charge in [-0.05, 0) is 139 Å². The monoisotopic (exact) mass is 1060 g/mol. The van der Waals surface area contributed by atoms with Crippen LogP contribution in [-0.2, 0) is 9.13 Å². The third-order valence-corrected chi connectivity index (χ3v) is 23.6. The molecule has 0 saturated carbocycles. The maximum absolute atomic E-state index is 18.4.